The van der Waals surface area contributed by atoms with Crippen molar-refractivity contribution in [1.29, 1.82) is 0 Å². The quantitative estimate of drug-likeness (QED) is 0.847. The van der Waals surface area contributed by atoms with Crippen molar-refractivity contribution in [3.05, 3.63) is 0 Å². The van der Waals surface area contributed by atoms with Crippen molar-refractivity contribution in [1.82, 2.24) is 9.80 Å². The monoisotopic (exact) mass is 282 g/mol. The van der Waals surface area contributed by atoms with Crippen LogP contribution < -0.4 is 0 Å². The molecule has 4 atom stereocenters. The van der Waals surface area contributed by atoms with E-state index in [2.05, 4.69) is 18.9 Å². The smallest absolute Gasteiger partial charge is 0.307 e. The molecule has 1 aliphatic heterocycles. The van der Waals surface area contributed by atoms with E-state index in [1.807, 2.05) is 11.8 Å². The summed E-state index contributed by atoms with van der Waals surface area (Å²) in [4.78, 5) is 28.2. The minimum Gasteiger partial charge on any atom is -0.481 e. The fraction of sp³-hybridized carbons (Fsp3) is 0.867. The summed E-state index contributed by atoms with van der Waals surface area (Å²) in [6.45, 7) is 6.52. The van der Waals surface area contributed by atoms with Gasteiger partial charge in [-0.2, -0.15) is 0 Å². The van der Waals surface area contributed by atoms with Gasteiger partial charge in [-0.3, -0.25) is 14.5 Å². The Morgan fingerprint density at radius 2 is 1.85 bits per heavy atom. The summed E-state index contributed by atoms with van der Waals surface area (Å²) in [7, 11) is 2.09. The molecular formula is C15H26N2O3. The van der Waals surface area contributed by atoms with Gasteiger partial charge < -0.3 is 10.0 Å². The number of carbonyl (C=O) groups is 2. The molecule has 2 fully saturated rings. The van der Waals surface area contributed by atoms with E-state index in [9.17, 15) is 14.7 Å². The van der Waals surface area contributed by atoms with Gasteiger partial charge in [-0.15, -0.1) is 0 Å². The molecule has 1 N–H and O–H groups in total. The maximum Gasteiger partial charge on any atom is 0.307 e. The van der Waals surface area contributed by atoms with Crippen molar-refractivity contribution in [2.45, 2.75) is 39.2 Å². The molecule has 0 aromatic carbocycles. The normalized spacial score (nSPS) is 35.2. The second-order valence-electron chi connectivity index (χ2n) is 6.45. The minimum absolute atomic E-state index is 0.0632. The van der Waals surface area contributed by atoms with Crippen LogP contribution in [0.15, 0.2) is 0 Å². The van der Waals surface area contributed by atoms with Gasteiger partial charge in [-0.05, 0) is 32.2 Å². The molecule has 20 heavy (non-hydrogen) atoms. The highest BCUT2D eigenvalue weighted by molar-refractivity contribution is 5.85. The highest BCUT2D eigenvalue weighted by Crippen LogP contribution is 2.37. The summed E-state index contributed by atoms with van der Waals surface area (Å²) in [5.74, 6) is -1.22. The molecule has 2 rings (SSSR count). The van der Waals surface area contributed by atoms with Crippen LogP contribution >= 0.6 is 0 Å². The number of carboxylic acid groups (broad SMARTS) is 1. The van der Waals surface area contributed by atoms with Gasteiger partial charge in [-0.1, -0.05) is 13.8 Å². The number of nitrogens with zero attached hydrogens (tertiary/aromatic N) is 2. The lowest BCUT2D eigenvalue weighted by Gasteiger charge is -2.40. The van der Waals surface area contributed by atoms with E-state index < -0.39 is 11.9 Å². The van der Waals surface area contributed by atoms with Gasteiger partial charge in [-0.25, -0.2) is 0 Å². The summed E-state index contributed by atoms with van der Waals surface area (Å²) in [6, 6.07) is 0.398. The number of likely N-dealkylation sites (N-methyl/N-ethyl adjacent to an activating group) is 1. The number of hydrogen-bond donors (Lipinski definition) is 1. The summed E-state index contributed by atoms with van der Waals surface area (Å²) in [5.41, 5.74) is 0. The lowest BCUT2D eigenvalue weighted by Crippen LogP contribution is -2.54. The van der Waals surface area contributed by atoms with Gasteiger partial charge in [0.25, 0.3) is 0 Å². The average Bonchev–Trinajstić information content (AvgIpc) is 2.81. The zero-order chi connectivity index (χ0) is 14.9. The van der Waals surface area contributed by atoms with E-state index in [4.69, 9.17) is 0 Å². The molecule has 5 nitrogen and oxygen atoms in total. The molecule has 1 heterocycles. The second kappa shape index (κ2) is 6.12. The molecule has 114 valence electrons. The summed E-state index contributed by atoms with van der Waals surface area (Å²) < 4.78 is 0. The fourth-order valence-electron chi connectivity index (χ4n) is 3.66. The van der Waals surface area contributed by atoms with Crippen LogP contribution in [0.2, 0.25) is 0 Å². The van der Waals surface area contributed by atoms with Crippen LogP contribution in [0.1, 0.15) is 33.1 Å². The fourth-order valence-corrected chi connectivity index (χ4v) is 3.66. The number of rotatable bonds is 3. The minimum atomic E-state index is -0.811. The zero-order valence-electron chi connectivity index (χ0n) is 12.7. The molecule has 0 aromatic rings. The van der Waals surface area contributed by atoms with Crippen LogP contribution in [0.25, 0.3) is 0 Å². The predicted octanol–water partition coefficient (Wildman–Crippen LogP) is 1.29. The lowest BCUT2D eigenvalue weighted by atomic mass is 9.94. The van der Waals surface area contributed by atoms with Gasteiger partial charge in [0, 0.05) is 25.7 Å². The third-order valence-corrected chi connectivity index (χ3v) is 4.99. The van der Waals surface area contributed by atoms with Crippen molar-refractivity contribution in [3.63, 3.8) is 0 Å². The lowest BCUT2D eigenvalue weighted by molar-refractivity contribution is -0.150. The van der Waals surface area contributed by atoms with E-state index in [-0.39, 0.29) is 11.8 Å². The Hall–Kier alpha value is -1.10. The van der Waals surface area contributed by atoms with Crippen LogP contribution in [-0.4, -0.2) is 59.5 Å². The van der Waals surface area contributed by atoms with E-state index in [1.54, 1.807) is 0 Å². The molecule has 1 saturated carbocycles. The van der Waals surface area contributed by atoms with E-state index in [1.165, 1.54) is 0 Å². The molecule has 1 amide bonds. The van der Waals surface area contributed by atoms with E-state index >= 15 is 0 Å². The Balaban J connectivity index is 2.05. The van der Waals surface area contributed by atoms with Crippen molar-refractivity contribution >= 4 is 11.9 Å². The molecule has 2 aliphatic rings. The Labute approximate surface area is 120 Å². The summed E-state index contributed by atoms with van der Waals surface area (Å²) in [5, 5.41) is 9.31. The molecule has 0 spiro atoms. The van der Waals surface area contributed by atoms with Crippen LogP contribution in [0.4, 0.5) is 0 Å². The molecule has 5 heteroatoms. The first-order chi connectivity index (χ1) is 9.43. The van der Waals surface area contributed by atoms with Crippen molar-refractivity contribution in [2.24, 2.45) is 17.8 Å². The Kier molecular flexibility index (Phi) is 4.68. The largest absolute Gasteiger partial charge is 0.481 e. The molecule has 0 radical (unpaired) electrons. The molecule has 1 saturated heterocycles. The second-order valence-corrected chi connectivity index (χ2v) is 6.45. The van der Waals surface area contributed by atoms with Gasteiger partial charge >= 0.3 is 5.97 Å². The van der Waals surface area contributed by atoms with Crippen molar-refractivity contribution in [3.8, 4) is 0 Å². The summed E-state index contributed by atoms with van der Waals surface area (Å²) >= 11 is 0. The maximum atomic E-state index is 12.7. The number of carboxylic acids is 1. The van der Waals surface area contributed by atoms with Crippen molar-refractivity contribution in [2.75, 3.05) is 26.7 Å². The number of aliphatic carboxylic acids is 1. The van der Waals surface area contributed by atoms with Crippen LogP contribution in [0.3, 0.4) is 0 Å². The topological polar surface area (TPSA) is 60.9 Å². The third kappa shape index (κ3) is 2.97. The number of carbonyl (C=O) groups excluding carboxylic acids is 1. The van der Waals surface area contributed by atoms with E-state index in [0.717, 1.165) is 32.5 Å². The zero-order valence-corrected chi connectivity index (χ0v) is 12.7. The Morgan fingerprint density at radius 3 is 2.45 bits per heavy atom. The highest BCUT2D eigenvalue weighted by atomic mass is 16.4. The van der Waals surface area contributed by atoms with Crippen molar-refractivity contribution < 1.29 is 14.7 Å². The molecule has 0 aromatic heterocycles. The predicted molar refractivity (Wildman–Crippen MR) is 76.3 cm³/mol. The third-order valence-electron chi connectivity index (χ3n) is 4.99. The number of hydrogen-bond acceptors (Lipinski definition) is 3. The Bertz CT molecular complexity index is 385. The van der Waals surface area contributed by atoms with E-state index in [0.29, 0.717) is 18.4 Å². The first kappa shape index (κ1) is 15.3. The number of piperazine rings is 1. The molecule has 0 bridgehead atoms. The Morgan fingerprint density at radius 1 is 1.20 bits per heavy atom. The first-order valence-electron chi connectivity index (χ1n) is 7.65. The van der Waals surface area contributed by atoms with Gasteiger partial charge in [0.05, 0.1) is 11.8 Å². The molecule has 1 aliphatic carbocycles. The van der Waals surface area contributed by atoms with Gasteiger partial charge in [0.1, 0.15) is 0 Å². The highest BCUT2D eigenvalue weighted by Gasteiger charge is 2.43. The van der Waals surface area contributed by atoms with Crippen LogP contribution in [-0.2, 0) is 9.59 Å². The SMILES string of the molecule is CCC1CN(C(=O)[C@H]2CC(C)C[C@H]2C(=O)O)CCN1C. The maximum absolute atomic E-state index is 12.7. The average molecular weight is 282 g/mol. The summed E-state index contributed by atoms with van der Waals surface area (Å²) in [6.07, 6.45) is 2.37. The van der Waals surface area contributed by atoms with Crippen LogP contribution in [0.5, 0.6) is 0 Å². The van der Waals surface area contributed by atoms with Crippen LogP contribution in [0, 0.1) is 17.8 Å². The molecular weight excluding hydrogens is 256 g/mol. The molecule has 2 unspecified atom stereocenters. The van der Waals surface area contributed by atoms with Gasteiger partial charge in [0.2, 0.25) is 5.91 Å². The first-order valence-corrected chi connectivity index (χ1v) is 7.65. The van der Waals surface area contributed by atoms with Gasteiger partial charge in [0.15, 0.2) is 0 Å². The standard InChI is InChI=1S/C15H26N2O3/c1-4-11-9-17(6-5-16(11)3)14(18)12-7-10(2)8-13(12)15(19)20/h10-13H,4-9H2,1-3H3,(H,19,20)/t10?,11?,12-,13+/m0/s1. The number of amides is 1.